The molecule has 2 amide bonds. The molecule has 0 aromatic heterocycles. The Balaban J connectivity index is 2.16. The Hall–Kier alpha value is -2.78. The highest BCUT2D eigenvalue weighted by molar-refractivity contribution is 7.92. The van der Waals surface area contributed by atoms with Crippen molar-refractivity contribution in [2.75, 3.05) is 31.3 Å². The molecule has 2 rings (SSSR count). The summed E-state index contributed by atoms with van der Waals surface area (Å²) in [4.78, 5) is 26.8. The molecule has 180 valence electrons. The molecule has 0 fully saturated rings. The van der Waals surface area contributed by atoms with E-state index in [2.05, 4.69) is 5.32 Å². The number of ether oxygens (including phenoxy) is 1. The number of methoxy groups -OCH3 is 1. The van der Waals surface area contributed by atoms with Crippen LogP contribution < -0.4 is 14.4 Å². The largest absolute Gasteiger partial charge is 0.495 e. The predicted molar refractivity (Wildman–Crippen MR) is 130 cm³/mol. The van der Waals surface area contributed by atoms with Crippen LogP contribution in [-0.2, 0) is 26.2 Å². The fraction of sp³-hybridized carbons (Fsp3) is 0.391. The summed E-state index contributed by atoms with van der Waals surface area (Å²) in [5.74, 6) is -0.120. The van der Waals surface area contributed by atoms with Gasteiger partial charge in [0, 0.05) is 31.6 Å². The van der Waals surface area contributed by atoms with Gasteiger partial charge >= 0.3 is 0 Å². The molecule has 10 heteroatoms. The van der Waals surface area contributed by atoms with Crippen LogP contribution in [0.2, 0.25) is 5.02 Å². The molecule has 1 N–H and O–H groups in total. The summed E-state index contributed by atoms with van der Waals surface area (Å²) in [5, 5.41) is 3.15. The third kappa shape index (κ3) is 7.36. The molecule has 0 aliphatic heterocycles. The van der Waals surface area contributed by atoms with Gasteiger partial charge in [0.05, 0.1) is 19.1 Å². The first-order valence-corrected chi connectivity index (χ1v) is 12.7. The van der Waals surface area contributed by atoms with Gasteiger partial charge in [-0.25, -0.2) is 8.42 Å². The summed E-state index contributed by atoms with van der Waals surface area (Å²) >= 11 is 5.95. The van der Waals surface area contributed by atoms with E-state index < -0.39 is 16.1 Å². The Labute approximate surface area is 200 Å². The molecule has 0 spiro atoms. The number of carbonyl (C=O) groups is 2. The highest BCUT2D eigenvalue weighted by Crippen LogP contribution is 2.29. The summed E-state index contributed by atoms with van der Waals surface area (Å²) in [6, 6.07) is 13.2. The lowest BCUT2D eigenvalue weighted by atomic mass is 10.1. The fourth-order valence-corrected chi connectivity index (χ4v) is 4.49. The smallest absolute Gasteiger partial charge is 0.242 e. The Kier molecular flexibility index (Phi) is 9.55. The molecule has 0 heterocycles. The fourth-order valence-electron chi connectivity index (χ4n) is 3.40. The van der Waals surface area contributed by atoms with Crippen molar-refractivity contribution in [3.63, 3.8) is 0 Å². The average Bonchev–Trinajstić information content (AvgIpc) is 2.79. The summed E-state index contributed by atoms with van der Waals surface area (Å²) < 4.78 is 31.4. The van der Waals surface area contributed by atoms with Gasteiger partial charge in [-0.05, 0) is 43.2 Å². The van der Waals surface area contributed by atoms with Crippen molar-refractivity contribution in [3.05, 3.63) is 59.1 Å². The van der Waals surface area contributed by atoms with E-state index in [1.165, 1.54) is 23.4 Å². The summed E-state index contributed by atoms with van der Waals surface area (Å²) in [5.41, 5.74) is 1.24. The quantitative estimate of drug-likeness (QED) is 0.517. The highest BCUT2D eigenvalue weighted by Gasteiger charge is 2.26. The molecule has 1 atom stereocenters. The minimum atomic E-state index is -3.60. The standard InChI is InChI=1S/C23H30ClN3O5S/c1-17(23(29)25-2)26(16-18-11-13-19(24)14-12-18)22(28)10-7-15-27(33(4,30)31)20-8-5-6-9-21(20)32-3/h5-6,8-9,11-14,17H,7,10,15-16H2,1-4H3,(H,25,29)/t17-/m0/s1. The van der Waals surface area contributed by atoms with Gasteiger partial charge in [0.1, 0.15) is 11.8 Å². The third-order valence-electron chi connectivity index (χ3n) is 5.19. The van der Waals surface area contributed by atoms with E-state index in [4.69, 9.17) is 16.3 Å². The maximum absolute atomic E-state index is 13.1. The maximum Gasteiger partial charge on any atom is 0.242 e. The van der Waals surface area contributed by atoms with Crippen LogP contribution in [-0.4, -0.2) is 58.1 Å². The molecular weight excluding hydrogens is 466 g/mol. The minimum Gasteiger partial charge on any atom is -0.495 e. The van der Waals surface area contributed by atoms with Crippen LogP contribution >= 0.6 is 11.6 Å². The number of halogens is 1. The molecule has 0 radical (unpaired) electrons. The third-order valence-corrected chi connectivity index (χ3v) is 6.62. The summed E-state index contributed by atoms with van der Waals surface area (Å²) in [7, 11) is -0.619. The molecule has 0 saturated heterocycles. The number of benzene rings is 2. The second kappa shape index (κ2) is 11.9. The Morgan fingerprint density at radius 1 is 1.12 bits per heavy atom. The van der Waals surface area contributed by atoms with Crippen molar-refractivity contribution in [1.82, 2.24) is 10.2 Å². The normalized spacial score (nSPS) is 12.0. The van der Waals surface area contributed by atoms with Crippen LogP contribution in [0.25, 0.3) is 0 Å². The molecule has 0 aliphatic carbocycles. The van der Waals surface area contributed by atoms with Crippen LogP contribution in [0.4, 0.5) is 5.69 Å². The van der Waals surface area contributed by atoms with Gasteiger partial charge in [-0.15, -0.1) is 0 Å². The molecule has 2 aromatic carbocycles. The second-order valence-corrected chi connectivity index (χ2v) is 9.89. The molecule has 8 nitrogen and oxygen atoms in total. The monoisotopic (exact) mass is 495 g/mol. The Bertz CT molecular complexity index is 1060. The van der Waals surface area contributed by atoms with Crippen molar-refractivity contribution in [2.45, 2.75) is 32.4 Å². The van der Waals surface area contributed by atoms with Crippen molar-refractivity contribution in [1.29, 1.82) is 0 Å². The van der Waals surface area contributed by atoms with E-state index >= 15 is 0 Å². The van der Waals surface area contributed by atoms with E-state index in [0.29, 0.717) is 16.5 Å². The minimum absolute atomic E-state index is 0.0656. The molecule has 33 heavy (non-hydrogen) atoms. The van der Waals surface area contributed by atoms with Gasteiger partial charge in [-0.1, -0.05) is 35.9 Å². The first-order chi connectivity index (χ1) is 15.6. The number of amides is 2. The molecule has 0 aliphatic rings. The van der Waals surface area contributed by atoms with Crippen LogP contribution in [0, 0.1) is 0 Å². The zero-order chi connectivity index (χ0) is 24.6. The van der Waals surface area contributed by atoms with Gasteiger partial charge < -0.3 is 15.0 Å². The predicted octanol–water partition coefficient (Wildman–Crippen LogP) is 3.06. The number of rotatable bonds is 11. The zero-order valence-electron chi connectivity index (χ0n) is 19.2. The first kappa shape index (κ1) is 26.5. The number of nitrogens with one attached hydrogen (secondary N) is 1. The number of anilines is 1. The van der Waals surface area contributed by atoms with E-state index in [0.717, 1.165) is 11.8 Å². The van der Waals surface area contributed by atoms with Crippen LogP contribution in [0.15, 0.2) is 48.5 Å². The summed E-state index contributed by atoms with van der Waals surface area (Å²) in [6.45, 7) is 1.98. The number of para-hydroxylation sites is 2. The number of carbonyl (C=O) groups excluding carboxylic acids is 2. The van der Waals surface area contributed by atoms with Gasteiger partial charge in [0.15, 0.2) is 0 Å². The summed E-state index contributed by atoms with van der Waals surface area (Å²) in [6.07, 6.45) is 1.44. The SMILES string of the molecule is CNC(=O)[C@H](C)N(Cc1ccc(Cl)cc1)C(=O)CCCN(c1ccccc1OC)S(C)(=O)=O. The lowest BCUT2D eigenvalue weighted by Crippen LogP contribution is -2.46. The van der Waals surface area contributed by atoms with E-state index in [1.54, 1.807) is 55.5 Å². The Morgan fingerprint density at radius 3 is 2.33 bits per heavy atom. The Morgan fingerprint density at radius 2 is 1.76 bits per heavy atom. The lowest BCUT2D eigenvalue weighted by molar-refractivity contribution is -0.140. The van der Waals surface area contributed by atoms with Gasteiger partial charge in [0.25, 0.3) is 0 Å². The van der Waals surface area contributed by atoms with Crippen molar-refractivity contribution >= 4 is 39.1 Å². The van der Waals surface area contributed by atoms with Gasteiger partial charge in [0.2, 0.25) is 21.8 Å². The second-order valence-electron chi connectivity index (χ2n) is 7.55. The number of likely N-dealkylation sites (N-methyl/N-ethyl adjacent to an activating group) is 1. The lowest BCUT2D eigenvalue weighted by Gasteiger charge is -2.29. The van der Waals surface area contributed by atoms with Gasteiger partial charge in [-0.2, -0.15) is 0 Å². The number of hydrogen-bond donors (Lipinski definition) is 1. The zero-order valence-corrected chi connectivity index (χ0v) is 20.8. The van der Waals surface area contributed by atoms with Gasteiger partial charge in [-0.3, -0.25) is 13.9 Å². The average molecular weight is 496 g/mol. The van der Waals surface area contributed by atoms with Crippen LogP contribution in [0.3, 0.4) is 0 Å². The van der Waals surface area contributed by atoms with E-state index in [9.17, 15) is 18.0 Å². The molecule has 0 unspecified atom stereocenters. The molecule has 2 aromatic rings. The van der Waals surface area contributed by atoms with Crippen LogP contribution in [0.5, 0.6) is 5.75 Å². The van der Waals surface area contributed by atoms with E-state index in [-0.39, 0.29) is 37.7 Å². The number of sulfonamides is 1. The van der Waals surface area contributed by atoms with E-state index in [1.807, 2.05) is 0 Å². The maximum atomic E-state index is 13.1. The first-order valence-electron chi connectivity index (χ1n) is 10.4. The molecular formula is C23H30ClN3O5S. The van der Waals surface area contributed by atoms with Crippen molar-refractivity contribution < 1.29 is 22.7 Å². The number of hydrogen-bond acceptors (Lipinski definition) is 5. The molecule has 0 saturated carbocycles. The van der Waals surface area contributed by atoms with Crippen molar-refractivity contribution in [3.8, 4) is 5.75 Å². The number of nitrogens with zero attached hydrogens (tertiary/aromatic N) is 2. The van der Waals surface area contributed by atoms with Crippen molar-refractivity contribution in [2.24, 2.45) is 0 Å². The van der Waals surface area contributed by atoms with Crippen LogP contribution in [0.1, 0.15) is 25.3 Å². The topological polar surface area (TPSA) is 96.0 Å². The molecule has 0 bridgehead atoms. The highest BCUT2D eigenvalue weighted by atomic mass is 35.5.